The third-order valence-corrected chi connectivity index (χ3v) is 4.85. The average Bonchev–Trinajstić information content (AvgIpc) is 2.53. The van der Waals surface area contributed by atoms with Crippen LogP contribution in [0.4, 0.5) is 0 Å². The summed E-state index contributed by atoms with van der Waals surface area (Å²) < 4.78 is 0. The molecule has 2 rings (SSSR count). The second-order valence-electron chi connectivity index (χ2n) is 5.50. The van der Waals surface area contributed by atoms with Gasteiger partial charge in [0.25, 0.3) is 0 Å². The summed E-state index contributed by atoms with van der Waals surface area (Å²) in [4.78, 5) is 6.79. The Morgan fingerprint density at radius 2 is 2.05 bits per heavy atom. The molecule has 2 unspecified atom stereocenters. The van der Waals surface area contributed by atoms with Gasteiger partial charge in [0.2, 0.25) is 0 Å². The summed E-state index contributed by atoms with van der Waals surface area (Å²) in [6, 6.07) is 9.11. The lowest BCUT2D eigenvalue weighted by molar-refractivity contribution is 0.186. The van der Waals surface area contributed by atoms with Crippen molar-refractivity contribution in [3.63, 3.8) is 0 Å². The lowest BCUT2D eigenvalue weighted by Gasteiger charge is -2.33. The molecule has 21 heavy (non-hydrogen) atoms. The summed E-state index contributed by atoms with van der Waals surface area (Å²) >= 11 is 1.89. The van der Waals surface area contributed by atoms with Gasteiger partial charge in [0.15, 0.2) is 0 Å². The van der Waals surface area contributed by atoms with Gasteiger partial charge < -0.3 is 5.73 Å². The molecule has 1 aromatic carbocycles. The lowest BCUT2D eigenvalue weighted by Crippen LogP contribution is -2.37. The average molecular weight is 303 g/mol. The van der Waals surface area contributed by atoms with E-state index < -0.39 is 0 Å². The SMILES string of the molecule is CSCCC(C)N(C)C(CN)c1cncc2ccccc12. The molecule has 0 fully saturated rings. The molecule has 0 amide bonds. The second kappa shape index (κ2) is 7.78. The van der Waals surface area contributed by atoms with Crippen LogP contribution in [0.3, 0.4) is 0 Å². The van der Waals surface area contributed by atoms with E-state index in [9.17, 15) is 0 Å². The van der Waals surface area contributed by atoms with Crippen LogP contribution in [0.5, 0.6) is 0 Å². The Morgan fingerprint density at radius 3 is 2.76 bits per heavy atom. The fraction of sp³-hybridized carbons (Fsp3) is 0.471. The lowest BCUT2D eigenvalue weighted by atomic mass is 9.99. The molecule has 0 aliphatic rings. The minimum absolute atomic E-state index is 0.209. The van der Waals surface area contributed by atoms with Gasteiger partial charge in [-0.25, -0.2) is 0 Å². The van der Waals surface area contributed by atoms with Gasteiger partial charge in [-0.1, -0.05) is 24.3 Å². The second-order valence-corrected chi connectivity index (χ2v) is 6.48. The van der Waals surface area contributed by atoms with Crippen molar-refractivity contribution in [3.05, 3.63) is 42.2 Å². The van der Waals surface area contributed by atoms with Crippen molar-refractivity contribution in [1.82, 2.24) is 9.88 Å². The number of thioether (sulfide) groups is 1. The van der Waals surface area contributed by atoms with Crippen LogP contribution in [-0.4, -0.2) is 41.5 Å². The molecule has 2 aromatic rings. The Hall–Kier alpha value is -1.10. The highest BCUT2D eigenvalue weighted by Gasteiger charge is 2.22. The number of hydrogen-bond donors (Lipinski definition) is 1. The fourth-order valence-corrected chi connectivity index (χ4v) is 3.29. The van der Waals surface area contributed by atoms with E-state index in [-0.39, 0.29) is 6.04 Å². The number of aromatic nitrogens is 1. The van der Waals surface area contributed by atoms with Crippen molar-refractivity contribution in [2.24, 2.45) is 5.73 Å². The molecular weight excluding hydrogens is 278 g/mol. The summed E-state index contributed by atoms with van der Waals surface area (Å²) in [6.07, 6.45) is 7.22. The maximum atomic E-state index is 6.09. The summed E-state index contributed by atoms with van der Waals surface area (Å²) in [7, 11) is 2.17. The highest BCUT2D eigenvalue weighted by molar-refractivity contribution is 7.98. The zero-order valence-electron chi connectivity index (χ0n) is 13.1. The Morgan fingerprint density at radius 1 is 1.29 bits per heavy atom. The third kappa shape index (κ3) is 3.76. The molecule has 0 bridgehead atoms. The van der Waals surface area contributed by atoms with Crippen LogP contribution in [0, 0.1) is 0 Å². The van der Waals surface area contributed by atoms with E-state index in [0.717, 1.165) is 0 Å². The van der Waals surface area contributed by atoms with E-state index in [4.69, 9.17) is 5.73 Å². The topological polar surface area (TPSA) is 42.1 Å². The van der Waals surface area contributed by atoms with Gasteiger partial charge in [0, 0.05) is 36.4 Å². The van der Waals surface area contributed by atoms with E-state index in [0.29, 0.717) is 12.6 Å². The third-order valence-electron chi connectivity index (χ3n) is 4.21. The van der Waals surface area contributed by atoms with Crippen molar-refractivity contribution in [1.29, 1.82) is 0 Å². The largest absolute Gasteiger partial charge is 0.329 e. The fourth-order valence-electron chi connectivity index (χ4n) is 2.72. The van der Waals surface area contributed by atoms with Crippen LogP contribution in [-0.2, 0) is 0 Å². The van der Waals surface area contributed by atoms with Crippen molar-refractivity contribution < 1.29 is 0 Å². The summed E-state index contributed by atoms with van der Waals surface area (Å²) in [5.41, 5.74) is 7.32. The normalized spacial score (nSPS) is 14.5. The molecule has 0 saturated heterocycles. The van der Waals surface area contributed by atoms with Crippen LogP contribution in [0.1, 0.15) is 24.9 Å². The zero-order valence-corrected chi connectivity index (χ0v) is 13.9. The van der Waals surface area contributed by atoms with Crippen molar-refractivity contribution in [2.75, 3.05) is 25.6 Å². The van der Waals surface area contributed by atoms with Gasteiger partial charge in [0.05, 0.1) is 0 Å². The van der Waals surface area contributed by atoms with Gasteiger partial charge in [-0.2, -0.15) is 11.8 Å². The van der Waals surface area contributed by atoms with Crippen LogP contribution < -0.4 is 5.73 Å². The zero-order chi connectivity index (χ0) is 15.2. The van der Waals surface area contributed by atoms with E-state index in [2.05, 4.69) is 54.4 Å². The Kier molecular flexibility index (Phi) is 6.03. The predicted molar refractivity (Wildman–Crippen MR) is 93.8 cm³/mol. The molecule has 114 valence electrons. The highest BCUT2D eigenvalue weighted by Crippen LogP contribution is 2.28. The van der Waals surface area contributed by atoms with Gasteiger partial charge in [-0.3, -0.25) is 9.88 Å². The summed E-state index contributed by atoms with van der Waals surface area (Å²) in [5, 5.41) is 2.44. The number of nitrogens with zero attached hydrogens (tertiary/aromatic N) is 2. The van der Waals surface area contributed by atoms with Crippen molar-refractivity contribution >= 4 is 22.5 Å². The van der Waals surface area contributed by atoms with Crippen LogP contribution >= 0.6 is 11.8 Å². The van der Waals surface area contributed by atoms with Crippen LogP contribution in [0.2, 0.25) is 0 Å². The molecule has 2 N–H and O–H groups in total. The Labute approximate surface area is 131 Å². The minimum atomic E-state index is 0.209. The number of fused-ring (bicyclic) bond motifs is 1. The molecule has 3 nitrogen and oxygen atoms in total. The van der Waals surface area contributed by atoms with E-state index in [1.807, 2.05) is 24.2 Å². The van der Waals surface area contributed by atoms with Gasteiger partial charge in [0.1, 0.15) is 0 Å². The summed E-state index contributed by atoms with van der Waals surface area (Å²) in [6.45, 7) is 2.88. The number of benzene rings is 1. The van der Waals surface area contributed by atoms with Gasteiger partial charge in [-0.05, 0) is 43.4 Å². The van der Waals surface area contributed by atoms with Crippen molar-refractivity contribution in [3.8, 4) is 0 Å². The monoisotopic (exact) mass is 303 g/mol. The first-order chi connectivity index (χ1) is 10.2. The number of pyridine rings is 1. The summed E-state index contributed by atoms with van der Waals surface area (Å²) in [5.74, 6) is 1.18. The maximum Gasteiger partial charge on any atom is 0.0491 e. The first-order valence-corrected chi connectivity index (χ1v) is 8.82. The maximum absolute atomic E-state index is 6.09. The molecule has 0 saturated carbocycles. The molecule has 1 aromatic heterocycles. The molecule has 1 heterocycles. The highest BCUT2D eigenvalue weighted by atomic mass is 32.2. The van der Waals surface area contributed by atoms with Gasteiger partial charge in [-0.15, -0.1) is 0 Å². The molecule has 0 radical (unpaired) electrons. The number of nitrogens with two attached hydrogens (primary N) is 1. The van der Waals surface area contributed by atoms with E-state index in [1.165, 1.54) is 28.5 Å². The first-order valence-electron chi connectivity index (χ1n) is 7.42. The molecular formula is C17H25N3S. The smallest absolute Gasteiger partial charge is 0.0491 e. The van der Waals surface area contributed by atoms with Crippen LogP contribution in [0.15, 0.2) is 36.7 Å². The van der Waals surface area contributed by atoms with Gasteiger partial charge >= 0.3 is 0 Å². The van der Waals surface area contributed by atoms with E-state index >= 15 is 0 Å². The molecule has 4 heteroatoms. The number of likely N-dealkylation sites (N-methyl/N-ethyl adjacent to an activating group) is 1. The first kappa shape index (κ1) is 16.3. The number of rotatable bonds is 7. The van der Waals surface area contributed by atoms with Crippen molar-refractivity contribution in [2.45, 2.75) is 25.4 Å². The minimum Gasteiger partial charge on any atom is -0.329 e. The Balaban J connectivity index is 2.31. The Bertz CT molecular complexity index is 567. The molecule has 0 aliphatic carbocycles. The quantitative estimate of drug-likeness (QED) is 0.852. The number of hydrogen-bond acceptors (Lipinski definition) is 4. The predicted octanol–water partition coefficient (Wildman–Crippen LogP) is 3.31. The van der Waals surface area contributed by atoms with E-state index in [1.54, 1.807) is 0 Å². The molecule has 2 atom stereocenters. The standard InChI is InChI=1S/C17H25N3S/c1-13(8-9-21-3)20(2)17(10-18)16-12-19-11-14-6-4-5-7-15(14)16/h4-7,11-13,17H,8-10,18H2,1-3H3. The van der Waals surface area contributed by atoms with Crippen LogP contribution in [0.25, 0.3) is 10.8 Å². The molecule has 0 spiro atoms. The molecule has 0 aliphatic heterocycles.